The van der Waals surface area contributed by atoms with E-state index in [0.717, 1.165) is 16.9 Å². The summed E-state index contributed by atoms with van der Waals surface area (Å²) in [5.41, 5.74) is 4.24. The van der Waals surface area contributed by atoms with E-state index in [-0.39, 0.29) is 5.91 Å². The molecular formula is C29H24ClN3O2. The Morgan fingerprint density at radius 2 is 1.83 bits per heavy atom. The first-order valence-electron chi connectivity index (χ1n) is 11.3. The van der Waals surface area contributed by atoms with Gasteiger partial charge in [-0.05, 0) is 64.7 Å². The summed E-state index contributed by atoms with van der Waals surface area (Å²) in [6.07, 6.45) is 3.51. The number of rotatable bonds is 7. The minimum Gasteiger partial charge on any atom is -0.489 e. The number of hydrogen-bond acceptors (Lipinski definition) is 3. The third kappa shape index (κ3) is 5.36. The minimum atomic E-state index is -0.195. The fourth-order valence-electron chi connectivity index (χ4n) is 4.06. The summed E-state index contributed by atoms with van der Waals surface area (Å²) in [6.45, 7) is 2.92. The van der Waals surface area contributed by atoms with E-state index in [1.54, 1.807) is 18.3 Å². The Hall–Kier alpha value is -4.09. The van der Waals surface area contributed by atoms with Crippen molar-refractivity contribution in [1.82, 2.24) is 9.78 Å². The maximum atomic E-state index is 12.9. The molecule has 5 aromatic rings. The minimum absolute atomic E-state index is 0.195. The van der Waals surface area contributed by atoms with Gasteiger partial charge in [0.15, 0.2) is 0 Å². The molecule has 0 aliphatic rings. The molecule has 0 saturated carbocycles. The van der Waals surface area contributed by atoms with Gasteiger partial charge >= 0.3 is 0 Å². The van der Waals surface area contributed by atoms with Gasteiger partial charge < -0.3 is 10.1 Å². The van der Waals surface area contributed by atoms with Crippen molar-refractivity contribution in [2.75, 3.05) is 5.32 Å². The van der Waals surface area contributed by atoms with Crippen LogP contribution >= 0.6 is 11.6 Å². The topological polar surface area (TPSA) is 56.1 Å². The lowest BCUT2D eigenvalue weighted by Gasteiger charge is -2.10. The number of halogens is 1. The van der Waals surface area contributed by atoms with E-state index in [4.69, 9.17) is 16.3 Å². The van der Waals surface area contributed by atoms with Gasteiger partial charge in [0, 0.05) is 16.8 Å². The van der Waals surface area contributed by atoms with Crippen molar-refractivity contribution in [3.63, 3.8) is 0 Å². The number of benzene rings is 4. The fourth-order valence-corrected chi connectivity index (χ4v) is 4.29. The Morgan fingerprint density at radius 3 is 2.71 bits per heavy atom. The van der Waals surface area contributed by atoms with Crippen molar-refractivity contribution in [3.05, 3.63) is 125 Å². The standard InChI is InChI=1S/C29H24ClN3O2/c1-20-14-25(30)12-13-28(20)35-19-21-6-4-9-23(15-21)29(34)32-26-16-31-33(18-26)17-24-10-5-8-22-7-2-3-11-27(22)24/h2-16,18H,17,19H2,1H3,(H,32,34). The fraction of sp³-hybridized carbons (Fsp3) is 0.103. The number of aromatic nitrogens is 2. The third-order valence-electron chi connectivity index (χ3n) is 5.82. The highest BCUT2D eigenvalue weighted by Gasteiger charge is 2.10. The van der Waals surface area contributed by atoms with Crippen LogP contribution in [0.15, 0.2) is 97.3 Å². The molecule has 5 rings (SSSR count). The Labute approximate surface area is 208 Å². The predicted molar refractivity (Wildman–Crippen MR) is 140 cm³/mol. The largest absolute Gasteiger partial charge is 0.489 e. The Morgan fingerprint density at radius 1 is 1.00 bits per heavy atom. The van der Waals surface area contributed by atoms with Crippen molar-refractivity contribution >= 4 is 34.0 Å². The van der Waals surface area contributed by atoms with Gasteiger partial charge in [0.25, 0.3) is 5.91 Å². The molecule has 0 saturated heterocycles. The lowest BCUT2D eigenvalue weighted by molar-refractivity contribution is 0.102. The zero-order chi connectivity index (χ0) is 24.2. The lowest BCUT2D eigenvalue weighted by Crippen LogP contribution is -2.12. The van der Waals surface area contributed by atoms with Crippen LogP contribution in [0.25, 0.3) is 10.8 Å². The molecule has 1 N–H and O–H groups in total. The Balaban J connectivity index is 1.24. The van der Waals surface area contributed by atoms with Crippen LogP contribution in [0.5, 0.6) is 5.75 Å². The summed E-state index contributed by atoms with van der Waals surface area (Å²) in [7, 11) is 0. The number of nitrogens with zero attached hydrogens (tertiary/aromatic N) is 2. The molecule has 0 bridgehead atoms. The summed E-state index contributed by atoms with van der Waals surface area (Å²) < 4.78 is 7.75. The van der Waals surface area contributed by atoms with E-state index in [1.807, 2.05) is 60.3 Å². The number of carbonyl (C=O) groups excluding carboxylic acids is 1. The molecule has 35 heavy (non-hydrogen) atoms. The highest BCUT2D eigenvalue weighted by Crippen LogP contribution is 2.23. The SMILES string of the molecule is Cc1cc(Cl)ccc1OCc1cccc(C(=O)Nc2cnn(Cc3cccc4ccccc34)c2)c1. The number of ether oxygens (including phenoxy) is 1. The van der Waals surface area contributed by atoms with Gasteiger partial charge in [0.2, 0.25) is 0 Å². The van der Waals surface area contributed by atoms with Gasteiger partial charge in [0.1, 0.15) is 12.4 Å². The molecule has 1 heterocycles. The van der Waals surface area contributed by atoms with E-state index in [2.05, 4.69) is 40.7 Å². The highest BCUT2D eigenvalue weighted by atomic mass is 35.5. The van der Waals surface area contributed by atoms with E-state index < -0.39 is 0 Å². The second kappa shape index (κ2) is 10.0. The Kier molecular flexibility index (Phi) is 6.51. The van der Waals surface area contributed by atoms with Crippen LogP contribution < -0.4 is 10.1 Å². The number of fused-ring (bicyclic) bond motifs is 1. The summed E-state index contributed by atoms with van der Waals surface area (Å²) in [5.74, 6) is 0.571. The van der Waals surface area contributed by atoms with Crippen molar-refractivity contribution in [1.29, 1.82) is 0 Å². The lowest BCUT2D eigenvalue weighted by atomic mass is 10.0. The van der Waals surface area contributed by atoms with Gasteiger partial charge in [-0.25, -0.2) is 0 Å². The summed E-state index contributed by atoms with van der Waals surface area (Å²) >= 11 is 6.02. The maximum Gasteiger partial charge on any atom is 0.255 e. The van der Waals surface area contributed by atoms with Crippen LogP contribution in [-0.2, 0) is 13.2 Å². The quantitative estimate of drug-likeness (QED) is 0.275. The average Bonchev–Trinajstić information content (AvgIpc) is 3.30. The first-order valence-corrected chi connectivity index (χ1v) is 11.7. The molecule has 0 fully saturated rings. The smallest absolute Gasteiger partial charge is 0.255 e. The van der Waals surface area contributed by atoms with E-state index in [9.17, 15) is 4.79 Å². The van der Waals surface area contributed by atoms with Gasteiger partial charge in [0.05, 0.1) is 18.4 Å². The van der Waals surface area contributed by atoms with Crippen molar-refractivity contribution in [3.8, 4) is 5.75 Å². The summed E-state index contributed by atoms with van der Waals surface area (Å²) in [5, 5.41) is 10.4. The molecule has 0 aliphatic carbocycles. The van der Waals surface area contributed by atoms with Gasteiger partial charge in [-0.15, -0.1) is 0 Å². The van der Waals surface area contributed by atoms with Crippen molar-refractivity contribution in [2.45, 2.75) is 20.1 Å². The van der Waals surface area contributed by atoms with Crippen molar-refractivity contribution < 1.29 is 9.53 Å². The van der Waals surface area contributed by atoms with E-state index in [1.165, 1.54) is 16.3 Å². The number of carbonyl (C=O) groups is 1. The summed E-state index contributed by atoms with van der Waals surface area (Å²) in [6, 6.07) is 27.5. The van der Waals surface area contributed by atoms with Gasteiger partial charge in [-0.1, -0.05) is 66.2 Å². The maximum absolute atomic E-state index is 12.9. The molecule has 6 heteroatoms. The van der Waals surface area contributed by atoms with Gasteiger partial charge in [-0.2, -0.15) is 5.10 Å². The summed E-state index contributed by atoms with van der Waals surface area (Å²) in [4.78, 5) is 12.9. The molecule has 174 valence electrons. The first kappa shape index (κ1) is 22.7. The first-order chi connectivity index (χ1) is 17.0. The molecule has 4 aromatic carbocycles. The monoisotopic (exact) mass is 481 g/mol. The Bertz CT molecular complexity index is 1500. The van der Waals surface area contributed by atoms with Crippen LogP contribution in [0.1, 0.15) is 27.0 Å². The average molecular weight is 482 g/mol. The van der Waals surface area contributed by atoms with E-state index in [0.29, 0.717) is 29.4 Å². The molecule has 0 atom stereocenters. The second-order valence-electron chi connectivity index (χ2n) is 8.42. The zero-order valence-electron chi connectivity index (χ0n) is 19.2. The van der Waals surface area contributed by atoms with Crippen LogP contribution in [0.2, 0.25) is 5.02 Å². The van der Waals surface area contributed by atoms with Crippen molar-refractivity contribution in [2.24, 2.45) is 0 Å². The molecule has 0 spiro atoms. The van der Waals surface area contributed by atoms with Crippen LogP contribution in [0, 0.1) is 6.92 Å². The second-order valence-corrected chi connectivity index (χ2v) is 8.85. The molecule has 1 amide bonds. The molecule has 0 radical (unpaired) electrons. The number of nitrogens with one attached hydrogen (secondary N) is 1. The molecule has 1 aromatic heterocycles. The molecule has 0 aliphatic heterocycles. The zero-order valence-corrected chi connectivity index (χ0v) is 20.0. The highest BCUT2D eigenvalue weighted by molar-refractivity contribution is 6.30. The normalized spacial score (nSPS) is 10.9. The van der Waals surface area contributed by atoms with Crippen LogP contribution in [0.4, 0.5) is 5.69 Å². The predicted octanol–water partition coefficient (Wildman–Crippen LogP) is 6.88. The number of hydrogen-bond donors (Lipinski definition) is 1. The third-order valence-corrected chi connectivity index (χ3v) is 6.06. The number of aryl methyl sites for hydroxylation is 1. The number of anilines is 1. The molecule has 5 nitrogen and oxygen atoms in total. The van der Waals surface area contributed by atoms with Gasteiger partial charge in [-0.3, -0.25) is 9.48 Å². The molecule has 0 unspecified atom stereocenters. The van der Waals surface area contributed by atoms with E-state index >= 15 is 0 Å². The number of amides is 1. The van der Waals surface area contributed by atoms with Crippen LogP contribution in [-0.4, -0.2) is 15.7 Å². The van der Waals surface area contributed by atoms with Crippen LogP contribution in [0.3, 0.4) is 0 Å². The molecular weight excluding hydrogens is 458 g/mol.